The molecule has 0 heterocycles. The van der Waals surface area contributed by atoms with Gasteiger partial charge in [-0.1, -0.05) is 72.3 Å². The van der Waals surface area contributed by atoms with Crippen molar-refractivity contribution in [3.8, 4) is 0 Å². The molecular formula is C30H36ClN3O4S. The third kappa shape index (κ3) is 8.83. The van der Waals surface area contributed by atoms with E-state index in [1.807, 2.05) is 68.4 Å². The van der Waals surface area contributed by atoms with E-state index in [2.05, 4.69) is 5.32 Å². The fourth-order valence-electron chi connectivity index (χ4n) is 4.45. The van der Waals surface area contributed by atoms with Crippen molar-refractivity contribution in [3.05, 3.63) is 101 Å². The van der Waals surface area contributed by atoms with Crippen molar-refractivity contribution in [2.75, 3.05) is 23.7 Å². The molecule has 0 saturated heterocycles. The first-order valence-electron chi connectivity index (χ1n) is 13.0. The molecule has 0 saturated carbocycles. The molecule has 0 aliphatic rings. The van der Waals surface area contributed by atoms with E-state index in [0.29, 0.717) is 23.7 Å². The molecule has 39 heavy (non-hydrogen) atoms. The van der Waals surface area contributed by atoms with Gasteiger partial charge in [0, 0.05) is 37.5 Å². The molecule has 0 spiro atoms. The smallest absolute Gasteiger partial charge is 0.243 e. The van der Waals surface area contributed by atoms with E-state index >= 15 is 0 Å². The molecule has 0 radical (unpaired) electrons. The molecule has 0 bridgehead atoms. The van der Waals surface area contributed by atoms with Crippen LogP contribution in [0.2, 0.25) is 5.02 Å². The van der Waals surface area contributed by atoms with Crippen molar-refractivity contribution < 1.29 is 18.0 Å². The number of amides is 2. The molecule has 3 aromatic rings. The van der Waals surface area contributed by atoms with Gasteiger partial charge in [0.15, 0.2) is 0 Å². The molecule has 1 atom stereocenters. The highest BCUT2D eigenvalue weighted by Gasteiger charge is 2.30. The Morgan fingerprint density at radius 1 is 0.974 bits per heavy atom. The molecule has 3 rings (SSSR count). The van der Waals surface area contributed by atoms with E-state index in [4.69, 9.17) is 11.6 Å². The Morgan fingerprint density at radius 2 is 1.67 bits per heavy atom. The minimum Gasteiger partial charge on any atom is -0.355 e. The predicted octanol–water partition coefficient (Wildman–Crippen LogP) is 4.97. The summed E-state index contributed by atoms with van der Waals surface area (Å²) in [5.74, 6) is -0.440. The van der Waals surface area contributed by atoms with E-state index in [0.717, 1.165) is 22.9 Å². The van der Waals surface area contributed by atoms with E-state index in [1.165, 1.54) is 4.31 Å². The van der Waals surface area contributed by atoms with Crippen LogP contribution < -0.4 is 9.62 Å². The zero-order valence-corrected chi connectivity index (χ0v) is 24.2. The van der Waals surface area contributed by atoms with Crippen LogP contribution in [-0.2, 0) is 32.6 Å². The molecule has 1 N–H and O–H groups in total. The summed E-state index contributed by atoms with van der Waals surface area (Å²) in [6.45, 7) is 4.64. The number of anilines is 1. The number of aryl methyl sites for hydroxylation is 1. The summed E-state index contributed by atoms with van der Waals surface area (Å²) in [5.41, 5.74) is 3.36. The SMILES string of the molecule is CCNC(=O)C(Cc1ccccc1)N(Cc1ccccc1C)C(=O)CCCN(c1cccc(Cl)c1)S(C)(=O)=O. The first-order valence-corrected chi connectivity index (χ1v) is 15.2. The van der Waals surface area contributed by atoms with Crippen molar-refractivity contribution in [3.63, 3.8) is 0 Å². The summed E-state index contributed by atoms with van der Waals surface area (Å²) in [4.78, 5) is 28.7. The maximum absolute atomic E-state index is 13.8. The summed E-state index contributed by atoms with van der Waals surface area (Å²) < 4.78 is 26.3. The molecule has 0 aliphatic heterocycles. The van der Waals surface area contributed by atoms with Crippen molar-refractivity contribution in [2.45, 2.75) is 45.7 Å². The lowest BCUT2D eigenvalue weighted by atomic mass is 10.0. The predicted molar refractivity (Wildman–Crippen MR) is 157 cm³/mol. The van der Waals surface area contributed by atoms with Gasteiger partial charge in [-0.2, -0.15) is 0 Å². The summed E-state index contributed by atoms with van der Waals surface area (Å²) in [5, 5.41) is 3.31. The van der Waals surface area contributed by atoms with Crippen LogP contribution in [0.15, 0.2) is 78.9 Å². The number of hydrogen-bond acceptors (Lipinski definition) is 4. The van der Waals surface area contributed by atoms with Gasteiger partial charge >= 0.3 is 0 Å². The topological polar surface area (TPSA) is 86.8 Å². The van der Waals surface area contributed by atoms with Crippen molar-refractivity contribution in [2.24, 2.45) is 0 Å². The molecule has 2 amide bonds. The maximum Gasteiger partial charge on any atom is 0.243 e. The largest absolute Gasteiger partial charge is 0.355 e. The number of nitrogens with one attached hydrogen (secondary N) is 1. The lowest BCUT2D eigenvalue weighted by molar-refractivity contribution is -0.141. The molecule has 9 heteroatoms. The Balaban J connectivity index is 1.87. The van der Waals surface area contributed by atoms with Crippen LogP contribution in [-0.4, -0.2) is 50.5 Å². The Labute approximate surface area is 236 Å². The second-order valence-corrected chi connectivity index (χ2v) is 11.8. The highest BCUT2D eigenvalue weighted by Crippen LogP contribution is 2.23. The van der Waals surface area contributed by atoms with Crippen molar-refractivity contribution >= 4 is 39.1 Å². The van der Waals surface area contributed by atoms with Crippen molar-refractivity contribution in [1.82, 2.24) is 10.2 Å². The fourth-order valence-corrected chi connectivity index (χ4v) is 5.59. The lowest BCUT2D eigenvalue weighted by Gasteiger charge is -2.32. The fraction of sp³-hybridized carbons (Fsp3) is 0.333. The summed E-state index contributed by atoms with van der Waals surface area (Å²) in [7, 11) is -3.60. The zero-order valence-electron chi connectivity index (χ0n) is 22.6. The highest BCUT2D eigenvalue weighted by atomic mass is 35.5. The van der Waals surface area contributed by atoms with Gasteiger partial charge in [-0.15, -0.1) is 0 Å². The van der Waals surface area contributed by atoms with Crippen LogP contribution in [0.5, 0.6) is 0 Å². The molecule has 1 unspecified atom stereocenters. The van der Waals surface area contributed by atoms with Crippen LogP contribution in [0.25, 0.3) is 0 Å². The normalized spacial score (nSPS) is 12.0. The average Bonchev–Trinajstić information content (AvgIpc) is 2.89. The Morgan fingerprint density at radius 3 is 2.31 bits per heavy atom. The van der Waals surface area contributed by atoms with Gasteiger partial charge in [0.25, 0.3) is 0 Å². The number of nitrogens with zero attached hydrogens (tertiary/aromatic N) is 2. The number of carbonyl (C=O) groups is 2. The minimum absolute atomic E-state index is 0.0726. The quantitative estimate of drug-likeness (QED) is 0.315. The van der Waals surface area contributed by atoms with E-state index in [-0.39, 0.29) is 37.7 Å². The third-order valence-corrected chi connectivity index (χ3v) is 7.90. The number of rotatable bonds is 13. The average molecular weight is 570 g/mol. The van der Waals surface area contributed by atoms with Crippen LogP contribution in [0.3, 0.4) is 0 Å². The summed E-state index contributed by atoms with van der Waals surface area (Å²) in [6.07, 6.45) is 1.84. The minimum atomic E-state index is -3.60. The highest BCUT2D eigenvalue weighted by molar-refractivity contribution is 7.92. The van der Waals surface area contributed by atoms with Crippen LogP contribution >= 0.6 is 11.6 Å². The second-order valence-electron chi connectivity index (χ2n) is 9.47. The number of hydrogen-bond donors (Lipinski definition) is 1. The van der Waals surface area contributed by atoms with Gasteiger partial charge in [-0.3, -0.25) is 13.9 Å². The van der Waals surface area contributed by atoms with Gasteiger partial charge < -0.3 is 10.2 Å². The van der Waals surface area contributed by atoms with Crippen LogP contribution in [0, 0.1) is 6.92 Å². The molecule has 208 valence electrons. The van der Waals surface area contributed by atoms with Gasteiger partial charge in [0.05, 0.1) is 11.9 Å². The first-order chi connectivity index (χ1) is 18.6. The number of benzene rings is 3. The molecule has 0 aliphatic carbocycles. The summed E-state index contributed by atoms with van der Waals surface area (Å²) in [6, 6.07) is 23.3. The molecule has 7 nitrogen and oxygen atoms in total. The standard InChI is InChI=1S/C30H36ClN3O4S/c1-4-32-30(36)28(20-24-13-6-5-7-14-24)33(22-25-15-9-8-12-23(25)2)29(35)18-11-19-34(39(3,37)38)27-17-10-16-26(31)21-27/h5-10,12-17,21,28H,4,11,18-20,22H2,1-3H3,(H,32,36). The Bertz CT molecular complexity index is 1370. The van der Waals surface area contributed by atoms with Gasteiger partial charge in [-0.05, 0) is 55.2 Å². The van der Waals surface area contributed by atoms with Crippen molar-refractivity contribution in [1.29, 1.82) is 0 Å². The number of likely N-dealkylation sites (N-methyl/N-ethyl adjacent to an activating group) is 1. The first kappa shape index (κ1) is 30.2. The molecule has 0 fully saturated rings. The molecule has 0 aromatic heterocycles. The van der Waals surface area contributed by atoms with E-state index in [9.17, 15) is 18.0 Å². The number of halogens is 1. The second kappa shape index (κ2) is 14.1. The van der Waals surface area contributed by atoms with Gasteiger partial charge in [0.1, 0.15) is 6.04 Å². The van der Waals surface area contributed by atoms with Gasteiger partial charge in [-0.25, -0.2) is 8.42 Å². The van der Waals surface area contributed by atoms with Crippen LogP contribution in [0.4, 0.5) is 5.69 Å². The zero-order chi connectivity index (χ0) is 28.4. The number of carbonyl (C=O) groups excluding carboxylic acids is 2. The van der Waals surface area contributed by atoms with E-state index < -0.39 is 16.1 Å². The molecule has 3 aromatic carbocycles. The Kier molecular flexibility index (Phi) is 10.9. The van der Waals surface area contributed by atoms with E-state index in [1.54, 1.807) is 29.2 Å². The third-order valence-electron chi connectivity index (χ3n) is 6.47. The molecular weight excluding hydrogens is 534 g/mol. The van der Waals surface area contributed by atoms with Gasteiger partial charge in [0.2, 0.25) is 21.8 Å². The maximum atomic E-state index is 13.8. The number of sulfonamides is 1. The lowest BCUT2D eigenvalue weighted by Crippen LogP contribution is -2.50. The summed E-state index contributed by atoms with van der Waals surface area (Å²) >= 11 is 6.09. The Hall–Kier alpha value is -3.36. The monoisotopic (exact) mass is 569 g/mol. The van der Waals surface area contributed by atoms with Crippen LogP contribution in [0.1, 0.15) is 36.5 Å².